The summed E-state index contributed by atoms with van der Waals surface area (Å²) in [6.07, 6.45) is 1.78. The van der Waals surface area contributed by atoms with Crippen molar-refractivity contribution in [2.75, 3.05) is 25.5 Å². The Morgan fingerprint density at radius 2 is 2.33 bits per heavy atom. The molecule has 0 bridgehead atoms. The van der Waals surface area contributed by atoms with Crippen LogP contribution in [0, 0.1) is 6.92 Å². The molecule has 1 amide bonds. The highest BCUT2D eigenvalue weighted by atomic mass is 79.9. The Morgan fingerprint density at radius 3 is 2.87 bits per heavy atom. The molecular weight excluding hydrogens is 258 g/mol. The first-order chi connectivity index (χ1) is 7.04. The number of amides is 1. The third-order valence-corrected chi connectivity index (χ3v) is 2.56. The van der Waals surface area contributed by atoms with Crippen LogP contribution in [0.25, 0.3) is 0 Å². The SMILES string of the molecule is CNC(=O)CN(C)c1ncc(C)cc1Br. The van der Waals surface area contributed by atoms with E-state index in [1.165, 1.54) is 0 Å². The predicted molar refractivity (Wildman–Crippen MR) is 64.0 cm³/mol. The highest BCUT2D eigenvalue weighted by Crippen LogP contribution is 2.23. The van der Waals surface area contributed by atoms with Crippen molar-refractivity contribution in [1.82, 2.24) is 10.3 Å². The zero-order valence-corrected chi connectivity index (χ0v) is 10.6. The average Bonchev–Trinajstić information content (AvgIpc) is 2.17. The monoisotopic (exact) mass is 271 g/mol. The van der Waals surface area contributed by atoms with E-state index in [0.717, 1.165) is 15.9 Å². The lowest BCUT2D eigenvalue weighted by atomic mass is 10.3. The molecule has 0 saturated carbocycles. The fraction of sp³-hybridized carbons (Fsp3) is 0.400. The molecule has 0 atom stereocenters. The lowest BCUT2D eigenvalue weighted by Crippen LogP contribution is -2.33. The summed E-state index contributed by atoms with van der Waals surface area (Å²) in [6, 6.07) is 1.97. The predicted octanol–water partition coefficient (Wildman–Crippen LogP) is 1.33. The summed E-state index contributed by atoms with van der Waals surface area (Å²) < 4.78 is 0.897. The Kier molecular flexibility index (Phi) is 4.08. The first kappa shape index (κ1) is 12.0. The zero-order chi connectivity index (χ0) is 11.4. The van der Waals surface area contributed by atoms with Gasteiger partial charge in [-0.3, -0.25) is 4.79 Å². The number of nitrogens with one attached hydrogen (secondary N) is 1. The lowest BCUT2D eigenvalue weighted by Gasteiger charge is -2.18. The fourth-order valence-electron chi connectivity index (χ4n) is 1.18. The molecule has 5 heteroatoms. The van der Waals surface area contributed by atoms with E-state index in [4.69, 9.17) is 0 Å². The van der Waals surface area contributed by atoms with Crippen LogP contribution in [-0.2, 0) is 4.79 Å². The minimum atomic E-state index is -0.0354. The van der Waals surface area contributed by atoms with Gasteiger partial charge in [-0.2, -0.15) is 0 Å². The summed E-state index contributed by atoms with van der Waals surface area (Å²) in [5, 5.41) is 2.57. The van der Waals surface area contributed by atoms with E-state index in [9.17, 15) is 4.79 Å². The number of nitrogens with zero attached hydrogens (tertiary/aromatic N) is 2. The summed E-state index contributed by atoms with van der Waals surface area (Å²) in [5.74, 6) is 0.732. The van der Waals surface area contributed by atoms with Gasteiger partial charge in [-0.05, 0) is 34.5 Å². The second kappa shape index (κ2) is 5.11. The number of pyridine rings is 1. The number of aromatic nitrogens is 1. The van der Waals surface area contributed by atoms with Crippen molar-refractivity contribution in [2.24, 2.45) is 0 Å². The van der Waals surface area contributed by atoms with Crippen molar-refractivity contribution < 1.29 is 4.79 Å². The second-order valence-corrected chi connectivity index (χ2v) is 4.20. The number of rotatable bonds is 3. The van der Waals surface area contributed by atoms with Crippen LogP contribution in [0.1, 0.15) is 5.56 Å². The van der Waals surface area contributed by atoms with Gasteiger partial charge in [0.25, 0.3) is 0 Å². The maximum Gasteiger partial charge on any atom is 0.239 e. The van der Waals surface area contributed by atoms with Crippen LogP contribution >= 0.6 is 15.9 Å². The summed E-state index contributed by atoms with van der Waals surface area (Å²) >= 11 is 3.42. The standard InChI is InChI=1S/C10H14BrN3O/c1-7-4-8(11)10(13-5-7)14(3)6-9(15)12-2/h4-5H,6H2,1-3H3,(H,12,15). The summed E-state index contributed by atoms with van der Waals surface area (Å²) in [4.78, 5) is 17.2. The van der Waals surface area contributed by atoms with Crippen LogP contribution in [0.15, 0.2) is 16.7 Å². The molecule has 15 heavy (non-hydrogen) atoms. The third kappa shape index (κ3) is 3.20. The molecule has 1 heterocycles. The number of carbonyl (C=O) groups excluding carboxylic acids is 1. The van der Waals surface area contributed by atoms with Crippen molar-refractivity contribution in [2.45, 2.75) is 6.92 Å². The van der Waals surface area contributed by atoms with Gasteiger partial charge >= 0.3 is 0 Å². The van der Waals surface area contributed by atoms with Crippen molar-refractivity contribution in [3.8, 4) is 0 Å². The number of aryl methyl sites for hydroxylation is 1. The number of carbonyl (C=O) groups is 1. The zero-order valence-electron chi connectivity index (χ0n) is 9.04. The minimum Gasteiger partial charge on any atom is -0.358 e. The van der Waals surface area contributed by atoms with E-state index in [1.807, 2.05) is 20.0 Å². The first-order valence-corrected chi connectivity index (χ1v) is 5.37. The summed E-state index contributed by atoms with van der Waals surface area (Å²) in [7, 11) is 3.45. The Bertz CT molecular complexity index is 368. The minimum absolute atomic E-state index is 0.0354. The van der Waals surface area contributed by atoms with Gasteiger partial charge in [0.15, 0.2) is 0 Å². The van der Waals surface area contributed by atoms with Crippen molar-refractivity contribution in [1.29, 1.82) is 0 Å². The molecule has 0 spiro atoms. The van der Waals surface area contributed by atoms with Gasteiger partial charge in [0, 0.05) is 20.3 Å². The van der Waals surface area contributed by atoms with Gasteiger partial charge in [-0.25, -0.2) is 4.98 Å². The molecule has 1 aromatic rings. The van der Waals surface area contributed by atoms with Gasteiger partial charge in [-0.1, -0.05) is 0 Å². The number of hydrogen-bond donors (Lipinski definition) is 1. The molecule has 82 valence electrons. The van der Waals surface area contributed by atoms with Crippen molar-refractivity contribution in [3.63, 3.8) is 0 Å². The van der Waals surface area contributed by atoms with Crippen LogP contribution in [0.2, 0.25) is 0 Å². The average molecular weight is 272 g/mol. The van der Waals surface area contributed by atoms with Crippen LogP contribution in [-0.4, -0.2) is 31.5 Å². The van der Waals surface area contributed by atoms with Crippen LogP contribution < -0.4 is 10.2 Å². The van der Waals surface area contributed by atoms with E-state index in [1.54, 1.807) is 18.1 Å². The highest BCUT2D eigenvalue weighted by Gasteiger charge is 2.10. The van der Waals surface area contributed by atoms with E-state index < -0.39 is 0 Å². The number of likely N-dealkylation sites (N-methyl/N-ethyl adjacent to an activating group) is 2. The summed E-state index contributed by atoms with van der Waals surface area (Å²) in [6.45, 7) is 2.27. The van der Waals surface area contributed by atoms with E-state index >= 15 is 0 Å². The third-order valence-electron chi connectivity index (χ3n) is 1.98. The molecule has 1 rings (SSSR count). The fourth-order valence-corrected chi connectivity index (χ4v) is 1.94. The van der Waals surface area contributed by atoms with Crippen LogP contribution in [0.3, 0.4) is 0 Å². The maximum absolute atomic E-state index is 11.2. The smallest absolute Gasteiger partial charge is 0.239 e. The normalized spacial score (nSPS) is 9.87. The summed E-state index contributed by atoms with van der Waals surface area (Å²) in [5.41, 5.74) is 1.08. The van der Waals surface area contributed by atoms with Crippen molar-refractivity contribution in [3.05, 3.63) is 22.3 Å². The molecule has 1 aromatic heterocycles. The van der Waals surface area contributed by atoms with Gasteiger partial charge in [0.1, 0.15) is 5.82 Å². The molecule has 0 aliphatic heterocycles. The number of halogens is 1. The lowest BCUT2D eigenvalue weighted by molar-refractivity contribution is -0.119. The molecule has 0 radical (unpaired) electrons. The quantitative estimate of drug-likeness (QED) is 0.903. The molecule has 0 unspecified atom stereocenters. The van der Waals surface area contributed by atoms with Crippen molar-refractivity contribution >= 4 is 27.7 Å². The van der Waals surface area contributed by atoms with E-state index in [-0.39, 0.29) is 5.91 Å². The Labute approximate surface area is 97.8 Å². The second-order valence-electron chi connectivity index (χ2n) is 3.35. The van der Waals surface area contributed by atoms with E-state index in [2.05, 4.69) is 26.2 Å². The van der Waals surface area contributed by atoms with Gasteiger partial charge in [0.2, 0.25) is 5.91 Å². The molecular formula is C10H14BrN3O. The molecule has 4 nitrogen and oxygen atoms in total. The molecule has 0 fully saturated rings. The Balaban J connectivity index is 2.82. The number of hydrogen-bond acceptors (Lipinski definition) is 3. The van der Waals surface area contributed by atoms with E-state index in [0.29, 0.717) is 6.54 Å². The Hall–Kier alpha value is -1.10. The number of anilines is 1. The topological polar surface area (TPSA) is 45.2 Å². The molecule has 0 aliphatic rings. The molecule has 0 aromatic carbocycles. The van der Waals surface area contributed by atoms with Crippen LogP contribution in [0.5, 0.6) is 0 Å². The highest BCUT2D eigenvalue weighted by molar-refractivity contribution is 9.10. The maximum atomic E-state index is 11.2. The molecule has 1 N–H and O–H groups in total. The largest absolute Gasteiger partial charge is 0.358 e. The van der Waals surface area contributed by atoms with Gasteiger partial charge < -0.3 is 10.2 Å². The Morgan fingerprint density at radius 1 is 1.67 bits per heavy atom. The van der Waals surface area contributed by atoms with Gasteiger partial charge in [0.05, 0.1) is 11.0 Å². The molecule has 0 aliphatic carbocycles. The molecule has 0 saturated heterocycles. The van der Waals surface area contributed by atoms with Crippen LogP contribution in [0.4, 0.5) is 5.82 Å². The first-order valence-electron chi connectivity index (χ1n) is 4.58. The van der Waals surface area contributed by atoms with Gasteiger partial charge in [-0.15, -0.1) is 0 Å².